The van der Waals surface area contributed by atoms with Gasteiger partial charge in [0, 0.05) is 5.56 Å². The zero-order chi connectivity index (χ0) is 20.5. The highest BCUT2D eigenvalue weighted by Crippen LogP contribution is 2.24. The van der Waals surface area contributed by atoms with Gasteiger partial charge in [-0.05, 0) is 55.3 Å². The molecule has 0 fully saturated rings. The first kappa shape index (κ1) is 19.2. The maximum atomic E-state index is 12.4. The molecule has 4 rings (SSSR count). The van der Waals surface area contributed by atoms with Crippen LogP contribution < -0.4 is 10.9 Å². The molecule has 4 aromatic rings. The molecule has 0 aliphatic carbocycles. The number of hydrogen-bond acceptors (Lipinski definition) is 5. The van der Waals surface area contributed by atoms with Crippen molar-refractivity contribution >= 4 is 46.0 Å². The Balaban J connectivity index is 1.60. The summed E-state index contributed by atoms with van der Waals surface area (Å²) in [7, 11) is 0. The van der Waals surface area contributed by atoms with Gasteiger partial charge in [0.25, 0.3) is 5.91 Å². The van der Waals surface area contributed by atoms with Crippen molar-refractivity contribution in [2.75, 3.05) is 5.43 Å². The minimum Gasteiger partial charge on any atom is -0.281 e. The molecule has 146 valence electrons. The summed E-state index contributed by atoms with van der Waals surface area (Å²) in [6.45, 7) is 4.10. The van der Waals surface area contributed by atoms with Crippen molar-refractivity contribution in [3.63, 3.8) is 0 Å². The third kappa shape index (κ3) is 3.74. The Bertz CT molecular complexity index is 1240. The fourth-order valence-electron chi connectivity index (χ4n) is 2.82. The third-order valence-corrected chi connectivity index (χ3v) is 5.32. The molecule has 0 saturated carbocycles. The Kier molecular flexibility index (Phi) is 5.08. The number of anilines is 1. The van der Waals surface area contributed by atoms with Crippen molar-refractivity contribution in [1.82, 2.24) is 25.2 Å². The second kappa shape index (κ2) is 7.69. The van der Waals surface area contributed by atoms with Crippen LogP contribution in [-0.2, 0) is 0 Å². The average Bonchev–Trinajstić information content (AvgIpc) is 3.15. The molecule has 0 bridgehead atoms. The number of hydrogen-bond donors (Lipinski definition) is 2. The number of amides is 1. The van der Waals surface area contributed by atoms with E-state index in [2.05, 4.69) is 32.8 Å². The molecule has 2 N–H and O–H groups in total. The highest BCUT2D eigenvalue weighted by Gasteiger charge is 2.13. The van der Waals surface area contributed by atoms with E-state index >= 15 is 0 Å². The van der Waals surface area contributed by atoms with Gasteiger partial charge in [-0.25, -0.2) is 14.6 Å². The number of nitrogens with one attached hydrogen (secondary N) is 2. The Morgan fingerprint density at radius 1 is 1.00 bits per heavy atom. The highest BCUT2D eigenvalue weighted by molar-refractivity contribution is 6.42. The quantitative estimate of drug-likeness (QED) is 0.469. The Morgan fingerprint density at radius 3 is 2.59 bits per heavy atom. The van der Waals surface area contributed by atoms with E-state index in [1.807, 2.05) is 25.1 Å². The van der Waals surface area contributed by atoms with Gasteiger partial charge in [-0.3, -0.25) is 15.6 Å². The zero-order valence-corrected chi connectivity index (χ0v) is 17.1. The van der Waals surface area contributed by atoms with Gasteiger partial charge < -0.3 is 0 Å². The molecule has 0 aliphatic rings. The number of aromatic nitrogens is 4. The van der Waals surface area contributed by atoms with Gasteiger partial charge in [-0.2, -0.15) is 5.10 Å². The summed E-state index contributed by atoms with van der Waals surface area (Å²) in [5.74, 6) is 0.0513. The van der Waals surface area contributed by atoms with E-state index in [4.69, 9.17) is 23.2 Å². The molecule has 2 aromatic carbocycles. The first-order chi connectivity index (χ1) is 13.9. The monoisotopic (exact) mass is 426 g/mol. The summed E-state index contributed by atoms with van der Waals surface area (Å²) in [6.07, 6.45) is 3.06. The fourth-order valence-corrected chi connectivity index (χ4v) is 3.11. The van der Waals surface area contributed by atoms with Gasteiger partial charge in [0.15, 0.2) is 11.5 Å². The largest absolute Gasteiger partial charge is 0.281 e. The summed E-state index contributed by atoms with van der Waals surface area (Å²) >= 11 is 11.9. The minimum atomic E-state index is -0.378. The van der Waals surface area contributed by atoms with Crippen LogP contribution in [0.3, 0.4) is 0 Å². The maximum absolute atomic E-state index is 12.4. The molecule has 0 aliphatic heterocycles. The number of carbonyl (C=O) groups excluding carboxylic acids is 1. The predicted octanol–water partition coefficient (Wildman–Crippen LogP) is 4.50. The van der Waals surface area contributed by atoms with E-state index in [1.165, 1.54) is 18.0 Å². The molecule has 29 heavy (non-hydrogen) atoms. The number of nitrogens with zero attached hydrogens (tertiary/aromatic N) is 4. The van der Waals surface area contributed by atoms with Crippen LogP contribution in [0.1, 0.15) is 21.5 Å². The van der Waals surface area contributed by atoms with Gasteiger partial charge in [-0.1, -0.05) is 29.3 Å². The van der Waals surface area contributed by atoms with E-state index in [9.17, 15) is 4.79 Å². The molecule has 9 heteroatoms. The van der Waals surface area contributed by atoms with Crippen molar-refractivity contribution in [2.24, 2.45) is 0 Å². The molecular formula is C20H16Cl2N6O. The van der Waals surface area contributed by atoms with E-state index in [0.717, 1.165) is 11.3 Å². The van der Waals surface area contributed by atoms with E-state index in [1.54, 1.807) is 23.0 Å². The van der Waals surface area contributed by atoms with Crippen LogP contribution in [0, 0.1) is 13.8 Å². The number of benzene rings is 2. The number of carbonyl (C=O) groups is 1. The lowest BCUT2D eigenvalue weighted by molar-refractivity contribution is 0.0962. The molecule has 0 saturated heterocycles. The Hall–Kier alpha value is -3.16. The lowest BCUT2D eigenvalue weighted by Gasteiger charge is -2.09. The molecular weight excluding hydrogens is 411 g/mol. The van der Waals surface area contributed by atoms with Crippen LogP contribution in [-0.4, -0.2) is 25.7 Å². The van der Waals surface area contributed by atoms with Gasteiger partial charge in [0.2, 0.25) is 0 Å². The van der Waals surface area contributed by atoms with Gasteiger partial charge in [0.05, 0.1) is 27.3 Å². The summed E-state index contributed by atoms with van der Waals surface area (Å²) < 4.78 is 1.73. The summed E-state index contributed by atoms with van der Waals surface area (Å²) in [4.78, 5) is 20.9. The van der Waals surface area contributed by atoms with Crippen molar-refractivity contribution in [2.45, 2.75) is 13.8 Å². The average molecular weight is 427 g/mol. The van der Waals surface area contributed by atoms with Crippen LogP contribution in [0.4, 0.5) is 5.82 Å². The molecule has 0 atom stereocenters. The van der Waals surface area contributed by atoms with E-state index in [0.29, 0.717) is 32.5 Å². The number of aryl methyl sites for hydroxylation is 2. The Morgan fingerprint density at radius 2 is 1.83 bits per heavy atom. The molecule has 0 unspecified atom stereocenters. The van der Waals surface area contributed by atoms with E-state index < -0.39 is 0 Å². The van der Waals surface area contributed by atoms with Gasteiger partial charge in [-0.15, -0.1) is 0 Å². The summed E-state index contributed by atoms with van der Waals surface area (Å²) in [6, 6.07) is 10.7. The van der Waals surface area contributed by atoms with E-state index in [-0.39, 0.29) is 5.91 Å². The normalized spacial score (nSPS) is 10.9. The third-order valence-electron chi connectivity index (χ3n) is 4.58. The first-order valence-electron chi connectivity index (χ1n) is 8.72. The second-order valence-corrected chi connectivity index (χ2v) is 7.31. The number of rotatable bonds is 4. The highest BCUT2D eigenvalue weighted by atomic mass is 35.5. The van der Waals surface area contributed by atoms with Gasteiger partial charge in [0.1, 0.15) is 6.33 Å². The molecule has 7 nitrogen and oxygen atoms in total. The van der Waals surface area contributed by atoms with Crippen LogP contribution in [0.25, 0.3) is 16.7 Å². The fraction of sp³-hybridized carbons (Fsp3) is 0.100. The van der Waals surface area contributed by atoms with Crippen molar-refractivity contribution in [3.8, 4) is 5.69 Å². The van der Waals surface area contributed by atoms with Crippen LogP contribution in [0.5, 0.6) is 0 Å². The Labute approximate surface area is 176 Å². The number of fused-ring (bicyclic) bond motifs is 1. The molecule has 0 radical (unpaired) electrons. The standard InChI is InChI=1S/C20H16Cl2N6O/c1-11-3-5-14(7-12(11)2)28-19-15(9-25-28)18(23-10-24-19)26-27-20(29)13-4-6-16(21)17(22)8-13/h3-10H,1-2H3,(H,27,29)(H,23,24,26). The first-order valence-corrected chi connectivity index (χ1v) is 9.47. The van der Waals surface area contributed by atoms with Crippen LogP contribution in [0.15, 0.2) is 48.9 Å². The molecule has 2 aromatic heterocycles. The van der Waals surface area contributed by atoms with Gasteiger partial charge >= 0.3 is 0 Å². The minimum absolute atomic E-state index is 0.304. The summed E-state index contributed by atoms with van der Waals surface area (Å²) in [5.41, 5.74) is 9.67. The topological polar surface area (TPSA) is 84.7 Å². The van der Waals surface area contributed by atoms with Crippen LogP contribution >= 0.6 is 23.2 Å². The number of hydrazine groups is 1. The molecule has 1 amide bonds. The number of halogens is 2. The zero-order valence-electron chi connectivity index (χ0n) is 15.6. The van der Waals surface area contributed by atoms with Crippen molar-refractivity contribution < 1.29 is 4.79 Å². The SMILES string of the molecule is Cc1ccc(-n2ncc3c(NNC(=O)c4ccc(Cl)c(Cl)c4)ncnc32)cc1C. The maximum Gasteiger partial charge on any atom is 0.269 e. The smallest absolute Gasteiger partial charge is 0.269 e. The van der Waals surface area contributed by atoms with Crippen LogP contribution in [0.2, 0.25) is 10.0 Å². The lowest BCUT2D eigenvalue weighted by atomic mass is 10.1. The summed E-state index contributed by atoms with van der Waals surface area (Å²) in [5, 5.41) is 5.79. The predicted molar refractivity (Wildman–Crippen MR) is 114 cm³/mol. The molecule has 0 spiro atoms. The second-order valence-electron chi connectivity index (χ2n) is 6.49. The molecule has 2 heterocycles. The lowest BCUT2D eigenvalue weighted by Crippen LogP contribution is -2.29. The van der Waals surface area contributed by atoms with Crippen molar-refractivity contribution in [3.05, 3.63) is 75.7 Å². The van der Waals surface area contributed by atoms with Crippen molar-refractivity contribution in [1.29, 1.82) is 0 Å².